The number of hydrogen-bond donors (Lipinski definition) is 1. The van der Waals surface area contributed by atoms with E-state index in [0.717, 1.165) is 24.3 Å². The first kappa shape index (κ1) is 15.9. The predicted octanol–water partition coefficient (Wildman–Crippen LogP) is 4.61. The van der Waals surface area contributed by atoms with Crippen LogP contribution in [0.1, 0.15) is 30.6 Å². The van der Waals surface area contributed by atoms with Crippen LogP contribution >= 0.6 is 11.8 Å². The molecule has 0 aliphatic heterocycles. The zero-order valence-corrected chi connectivity index (χ0v) is 13.4. The Bertz CT molecular complexity index is 551. The summed E-state index contributed by atoms with van der Waals surface area (Å²) in [4.78, 5) is 1.19. The molecule has 2 rings (SSSR count). The van der Waals surface area contributed by atoms with Crippen molar-refractivity contribution in [2.24, 2.45) is 0 Å². The van der Waals surface area contributed by atoms with Crippen LogP contribution in [0.3, 0.4) is 0 Å². The lowest BCUT2D eigenvalue weighted by Gasteiger charge is -2.12. The van der Waals surface area contributed by atoms with Gasteiger partial charge in [0.1, 0.15) is 5.75 Å². The summed E-state index contributed by atoms with van der Waals surface area (Å²) in [6.45, 7) is 4.89. The van der Waals surface area contributed by atoms with Gasteiger partial charge < -0.3 is 9.84 Å². The Morgan fingerprint density at radius 1 is 1.14 bits per heavy atom. The van der Waals surface area contributed by atoms with Gasteiger partial charge in [0, 0.05) is 10.6 Å². The summed E-state index contributed by atoms with van der Waals surface area (Å²) in [7, 11) is 0. The minimum atomic E-state index is -0.462. The topological polar surface area (TPSA) is 29.5 Å². The van der Waals surface area contributed by atoms with Crippen LogP contribution < -0.4 is 4.74 Å². The van der Waals surface area contributed by atoms with Gasteiger partial charge in [-0.3, -0.25) is 0 Å². The van der Waals surface area contributed by atoms with Crippen LogP contribution in [-0.2, 0) is 0 Å². The van der Waals surface area contributed by atoms with Crippen LogP contribution in [0.25, 0.3) is 0 Å². The van der Waals surface area contributed by atoms with E-state index in [1.54, 1.807) is 11.8 Å². The van der Waals surface area contributed by atoms with Crippen molar-refractivity contribution in [3.8, 4) is 5.75 Å². The second-order valence-corrected chi connectivity index (χ2v) is 6.15. The molecule has 0 heterocycles. The van der Waals surface area contributed by atoms with E-state index in [-0.39, 0.29) is 0 Å². The minimum absolute atomic E-state index is 0.462. The number of ether oxygens (including phenoxy) is 1. The van der Waals surface area contributed by atoms with E-state index in [9.17, 15) is 5.11 Å². The second kappa shape index (κ2) is 8.11. The quantitative estimate of drug-likeness (QED) is 0.757. The van der Waals surface area contributed by atoms with Crippen molar-refractivity contribution in [1.29, 1.82) is 0 Å². The van der Waals surface area contributed by atoms with Crippen LogP contribution in [0.5, 0.6) is 5.75 Å². The summed E-state index contributed by atoms with van der Waals surface area (Å²) in [5.41, 5.74) is 2.17. The maximum atomic E-state index is 10.3. The van der Waals surface area contributed by atoms with Crippen LogP contribution in [0, 0.1) is 6.92 Å². The Kier molecular flexibility index (Phi) is 6.15. The molecule has 2 nitrogen and oxygen atoms in total. The highest BCUT2D eigenvalue weighted by Crippen LogP contribution is 2.26. The number of benzene rings is 2. The lowest BCUT2D eigenvalue weighted by Crippen LogP contribution is -2.01. The fraction of sp³-hybridized carbons (Fsp3) is 0.333. The van der Waals surface area contributed by atoms with Crippen molar-refractivity contribution in [2.45, 2.75) is 31.3 Å². The molecule has 0 aromatic heterocycles. The average Bonchev–Trinajstić information content (AvgIpc) is 2.51. The highest BCUT2D eigenvalue weighted by molar-refractivity contribution is 7.99. The molecule has 2 aromatic rings. The molecule has 0 radical (unpaired) electrons. The number of aliphatic hydroxyl groups excluding tert-OH is 1. The van der Waals surface area contributed by atoms with Crippen molar-refractivity contribution in [3.63, 3.8) is 0 Å². The maximum Gasteiger partial charge on any atom is 0.119 e. The van der Waals surface area contributed by atoms with Gasteiger partial charge in [-0.05, 0) is 43.2 Å². The van der Waals surface area contributed by atoms with Gasteiger partial charge in [-0.15, -0.1) is 11.8 Å². The van der Waals surface area contributed by atoms with Crippen LogP contribution in [0.15, 0.2) is 53.4 Å². The fourth-order valence-corrected chi connectivity index (χ4v) is 2.97. The standard InChI is InChI=1S/C18H22O2S/c1-3-11-20-16-9-7-15(8-10-16)18(19)13-21-17-6-4-5-14(2)12-17/h4-10,12,18-19H,3,11,13H2,1-2H3. The van der Waals surface area contributed by atoms with Crippen molar-refractivity contribution in [3.05, 3.63) is 59.7 Å². The summed E-state index contributed by atoms with van der Waals surface area (Å²) in [5, 5.41) is 10.3. The number of rotatable bonds is 7. The van der Waals surface area contributed by atoms with Crippen molar-refractivity contribution < 1.29 is 9.84 Å². The maximum absolute atomic E-state index is 10.3. The summed E-state index contributed by atoms with van der Waals surface area (Å²) in [6.07, 6.45) is 0.535. The molecule has 1 unspecified atom stereocenters. The molecule has 0 spiro atoms. The predicted molar refractivity (Wildman–Crippen MR) is 89.1 cm³/mol. The number of hydrogen-bond acceptors (Lipinski definition) is 3. The van der Waals surface area contributed by atoms with E-state index in [2.05, 4.69) is 32.0 Å². The van der Waals surface area contributed by atoms with E-state index >= 15 is 0 Å². The normalized spacial score (nSPS) is 12.1. The van der Waals surface area contributed by atoms with E-state index in [4.69, 9.17) is 4.74 Å². The van der Waals surface area contributed by atoms with Crippen molar-refractivity contribution >= 4 is 11.8 Å². The Morgan fingerprint density at radius 2 is 1.90 bits per heavy atom. The molecular weight excluding hydrogens is 280 g/mol. The van der Waals surface area contributed by atoms with Gasteiger partial charge in [0.05, 0.1) is 12.7 Å². The van der Waals surface area contributed by atoms with E-state index < -0.39 is 6.10 Å². The van der Waals surface area contributed by atoms with Gasteiger partial charge in [0.15, 0.2) is 0 Å². The van der Waals surface area contributed by atoms with Gasteiger partial charge in [-0.2, -0.15) is 0 Å². The number of aliphatic hydroxyl groups is 1. The third-order valence-electron chi connectivity index (χ3n) is 3.14. The number of aryl methyl sites for hydroxylation is 1. The first-order valence-electron chi connectivity index (χ1n) is 7.29. The Morgan fingerprint density at radius 3 is 2.57 bits per heavy atom. The van der Waals surface area contributed by atoms with Crippen molar-refractivity contribution in [1.82, 2.24) is 0 Å². The SMILES string of the molecule is CCCOc1ccc(C(O)CSc2cccc(C)c2)cc1. The van der Waals surface area contributed by atoms with Gasteiger partial charge in [-0.1, -0.05) is 36.8 Å². The smallest absolute Gasteiger partial charge is 0.119 e. The highest BCUT2D eigenvalue weighted by atomic mass is 32.2. The second-order valence-electron chi connectivity index (χ2n) is 5.06. The Balaban J connectivity index is 1.89. The molecule has 2 aromatic carbocycles. The molecule has 0 saturated carbocycles. The highest BCUT2D eigenvalue weighted by Gasteiger charge is 2.08. The largest absolute Gasteiger partial charge is 0.494 e. The first-order valence-corrected chi connectivity index (χ1v) is 8.28. The Labute approximate surface area is 131 Å². The zero-order valence-electron chi connectivity index (χ0n) is 12.6. The van der Waals surface area contributed by atoms with E-state index in [1.807, 2.05) is 30.3 Å². The summed E-state index contributed by atoms with van der Waals surface area (Å²) < 4.78 is 5.55. The molecule has 0 aliphatic rings. The molecule has 0 amide bonds. The van der Waals surface area contributed by atoms with Gasteiger partial charge in [-0.25, -0.2) is 0 Å². The third-order valence-corrected chi connectivity index (χ3v) is 4.20. The molecule has 3 heteroatoms. The van der Waals surface area contributed by atoms with Gasteiger partial charge in [0.2, 0.25) is 0 Å². The lowest BCUT2D eigenvalue weighted by molar-refractivity contribution is 0.204. The van der Waals surface area contributed by atoms with Crippen LogP contribution in [0.4, 0.5) is 0 Å². The molecule has 1 atom stereocenters. The molecule has 112 valence electrons. The molecule has 21 heavy (non-hydrogen) atoms. The lowest BCUT2D eigenvalue weighted by atomic mass is 10.1. The average molecular weight is 302 g/mol. The van der Waals surface area contributed by atoms with Crippen molar-refractivity contribution in [2.75, 3.05) is 12.4 Å². The molecule has 0 bridgehead atoms. The van der Waals surface area contributed by atoms with Gasteiger partial charge in [0.25, 0.3) is 0 Å². The van der Waals surface area contributed by atoms with Crippen LogP contribution in [0.2, 0.25) is 0 Å². The monoisotopic (exact) mass is 302 g/mol. The van der Waals surface area contributed by atoms with E-state index in [1.165, 1.54) is 10.5 Å². The van der Waals surface area contributed by atoms with E-state index in [0.29, 0.717) is 5.75 Å². The third kappa shape index (κ3) is 5.10. The molecule has 0 saturated heterocycles. The summed E-state index contributed by atoms with van der Waals surface area (Å²) in [6, 6.07) is 16.1. The Hall–Kier alpha value is -1.45. The van der Waals surface area contributed by atoms with Crippen LogP contribution in [-0.4, -0.2) is 17.5 Å². The summed E-state index contributed by atoms with van der Waals surface area (Å²) in [5.74, 6) is 1.51. The fourth-order valence-electron chi connectivity index (χ4n) is 1.98. The molecular formula is C18H22O2S. The number of thioether (sulfide) groups is 1. The molecule has 0 aliphatic carbocycles. The van der Waals surface area contributed by atoms with Gasteiger partial charge >= 0.3 is 0 Å². The molecule has 1 N–H and O–H groups in total. The summed E-state index contributed by atoms with van der Waals surface area (Å²) >= 11 is 1.67. The first-order chi connectivity index (χ1) is 10.2. The zero-order chi connectivity index (χ0) is 15.1. The minimum Gasteiger partial charge on any atom is -0.494 e. The molecule has 0 fully saturated rings.